The summed E-state index contributed by atoms with van der Waals surface area (Å²) in [5, 5.41) is 13.4. The molecule has 0 radical (unpaired) electrons. The Hall–Kier alpha value is -16.4. The molecular weight excluding hydrogens is 1470 g/mol. The van der Waals surface area contributed by atoms with E-state index in [4.69, 9.17) is 38.7 Å². The molecule has 25 rings (SSSR count). The average Bonchev–Trinajstić information content (AvgIpc) is 1.56. The van der Waals surface area contributed by atoms with E-state index in [1.54, 1.807) is 0 Å². The fraction of sp³-hybridized carbons (Fsp3) is 0. The standard InChI is InChI=1S/C108H64N10O2/c1-4-23-66(24-5-1)103-109-104(67-25-6-2-7-26-67)112-107(111-103)73-31-20-29-70(59-73)71-30-21-33-75(60-71)115-89-40-15-10-35-79(89)87-63-78(50-55-93(87)115)118-92-43-18-13-39-86(92)100-96(118)58-54-84-82-52-49-72(62-98(82)120-102(84)100)65-45-47-69(48-46-65)106-110-105(68-27-8-3-9-28-68)113-108(114-106)74-32-22-34-76(61-74)116-90-41-16-11-36-80(90)88-64-77(51-56-94(88)116)117-91-42-17-12-38-85(91)99-95(117)57-53-83-81-37-14-19-44-97(81)119-101(83)99/h1-64H. The number of hydrogen-bond donors (Lipinski definition) is 0. The van der Waals surface area contributed by atoms with E-state index in [9.17, 15) is 0 Å². The topological polar surface area (TPSA) is 123 Å². The van der Waals surface area contributed by atoms with Crippen LogP contribution in [0.15, 0.2) is 397 Å². The highest BCUT2D eigenvalue weighted by atomic mass is 16.3. The summed E-state index contributed by atoms with van der Waals surface area (Å²) < 4.78 is 23.4. The van der Waals surface area contributed by atoms with Gasteiger partial charge in [-0.1, -0.05) is 255 Å². The van der Waals surface area contributed by atoms with Gasteiger partial charge in [0.15, 0.2) is 34.9 Å². The van der Waals surface area contributed by atoms with Crippen LogP contribution in [-0.2, 0) is 0 Å². The van der Waals surface area contributed by atoms with Crippen LogP contribution in [0.2, 0.25) is 0 Å². The van der Waals surface area contributed by atoms with Crippen molar-refractivity contribution in [2.75, 3.05) is 0 Å². The van der Waals surface area contributed by atoms with Gasteiger partial charge >= 0.3 is 0 Å². The normalized spacial score (nSPS) is 12.0. The third-order valence-electron chi connectivity index (χ3n) is 24.0. The highest BCUT2D eigenvalue weighted by Gasteiger charge is 2.26. The second-order valence-corrected chi connectivity index (χ2v) is 30.9. The van der Waals surface area contributed by atoms with Crippen molar-refractivity contribution in [3.8, 4) is 113 Å². The van der Waals surface area contributed by atoms with E-state index >= 15 is 0 Å². The molecule has 8 aromatic heterocycles. The predicted molar refractivity (Wildman–Crippen MR) is 489 cm³/mol. The lowest BCUT2D eigenvalue weighted by Crippen LogP contribution is -2.01. The molecule has 0 saturated carbocycles. The van der Waals surface area contributed by atoms with Gasteiger partial charge in [-0.15, -0.1) is 0 Å². The maximum Gasteiger partial charge on any atom is 0.164 e. The van der Waals surface area contributed by atoms with Crippen molar-refractivity contribution in [2.45, 2.75) is 0 Å². The first kappa shape index (κ1) is 66.9. The fourth-order valence-electron chi connectivity index (χ4n) is 18.6. The summed E-state index contributed by atoms with van der Waals surface area (Å²) in [6.07, 6.45) is 0. The second kappa shape index (κ2) is 26.6. The zero-order chi connectivity index (χ0) is 78.6. The van der Waals surface area contributed by atoms with Crippen molar-refractivity contribution in [3.05, 3.63) is 388 Å². The second-order valence-electron chi connectivity index (χ2n) is 30.9. The number of hydrogen-bond acceptors (Lipinski definition) is 8. The molecule has 0 unspecified atom stereocenters. The van der Waals surface area contributed by atoms with Crippen LogP contribution in [0.5, 0.6) is 0 Å². The minimum atomic E-state index is 0.572. The van der Waals surface area contributed by atoms with Crippen molar-refractivity contribution in [3.63, 3.8) is 0 Å². The number of furan rings is 2. The van der Waals surface area contributed by atoms with Gasteiger partial charge in [-0.05, 0) is 156 Å². The molecule has 0 fully saturated rings. The molecule has 17 aromatic carbocycles. The van der Waals surface area contributed by atoms with Gasteiger partial charge in [-0.25, -0.2) is 29.9 Å². The largest absolute Gasteiger partial charge is 0.455 e. The molecule has 0 aliphatic rings. The molecule has 0 atom stereocenters. The number of fused-ring (bicyclic) bond motifs is 20. The van der Waals surface area contributed by atoms with Crippen molar-refractivity contribution >= 4 is 131 Å². The minimum Gasteiger partial charge on any atom is -0.455 e. The molecule has 8 heterocycles. The van der Waals surface area contributed by atoms with E-state index in [1.165, 1.54) is 0 Å². The lowest BCUT2D eigenvalue weighted by Gasteiger charge is -2.12. The summed E-state index contributed by atoms with van der Waals surface area (Å²) in [5.41, 5.74) is 26.0. The third-order valence-corrected chi connectivity index (χ3v) is 24.0. The Labute approximate surface area is 685 Å². The Bertz CT molecular complexity index is 8490. The smallest absolute Gasteiger partial charge is 0.164 e. The molecular formula is C108H64N10O2. The fourth-order valence-corrected chi connectivity index (χ4v) is 18.6. The lowest BCUT2D eigenvalue weighted by molar-refractivity contribution is 0.672. The van der Waals surface area contributed by atoms with Gasteiger partial charge in [0.05, 0.1) is 54.9 Å². The summed E-state index contributed by atoms with van der Waals surface area (Å²) in [7, 11) is 0. The van der Waals surface area contributed by atoms with E-state index in [0.717, 1.165) is 209 Å². The average molecular weight is 1530 g/mol. The molecule has 120 heavy (non-hydrogen) atoms. The molecule has 12 nitrogen and oxygen atoms in total. The van der Waals surface area contributed by atoms with Crippen molar-refractivity contribution in [1.82, 2.24) is 48.2 Å². The molecule has 558 valence electrons. The molecule has 0 aliphatic carbocycles. The van der Waals surface area contributed by atoms with Gasteiger partial charge in [0.2, 0.25) is 0 Å². The molecule has 0 spiro atoms. The van der Waals surface area contributed by atoms with Crippen LogP contribution in [0.4, 0.5) is 0 Å². The zero-order valence-corrected chi connectivity index (χ0v) is 64.2. The van der Waals surface area contributed by atoms with E-state index < -0.39 is 0 Å². The first-order valence-electron chi connectivity index (χ1n) is 40.4. The van der Waals surface area contributed by atoms with Gasteiger partial charge in [0.1, 0.15) is 22.3 Å². The summed E-state index contributed by atoms with van der Waals surface area (Å²) >= 11 is 0. The van der Waals surface area contributed by atoms with Crippen LogP contribution in [0, 0.1) is 0 Å². The van der Waals surface area contributed by atoms with Gasteiger partial charge in [0.25, 0.3) is 0 Å². The Morgan fingerprint density at radius 1 is 0.158 bits per heavy atom. The summed E-state index contributed by atoms with van der Waals surface area (Å²) in [4.78, 5) is 30.8. The Balaban J connectivity index is 0.536. The van der Waals surface area contributed by atoms with Gasteiger partial charge in [-0.3, -0.25) is 0 Å². The molecule has 12 heteroatoms. The SMILES string of the molecule is c1ccc(-c2nc(-c3ccccc3)nc(-c3cccc(-c4cccc(-n5c6ccccc6c6cc(-n7c8ccccc8c8c9oc%10cc(-c%11ccc(-c%12nc(-c%13ccccc%13)nc(-c%13cccc(-n%14c%15ccccc%15c%15cc(-n%16c%17ccccc%17c%17c%18oc%19ccccc%19c%18ccc%17%16)ccc%15%14)c%13)n%12)cc%11)ccc%10c9ccc87)ccc65)c4)c3)n2)cc1. The first-order valence-corrected chi connectivity index (χ1v) is 40.4. The van der Waals surface area contributed by atoms with Crippen molar-refractivity contribution in [1.29, 1.82) is 0 Å². The maximum atomic E-state index is 7.16. The number of para-hydroxylation sites is 5. The van der Waals surface area contributed by atoms with E-state index in [2.05, 4.69) is 322 Å². The molecule has 25 aromatic rings. The number of rotatable bonds is 12. The molecule has 0 amide bonds. The number of benzene rings is 17. The van der Waals surface area contributed by atoms with Gasteiger partial charge < -0.3 is 27.1 Å². The Morgan fingerprint density at radius 2 is 0.458 bits per heavy atom. The van der Waals surface area contributed by atoms with Crippen LogP contribution < -0.4 is 0 Å². The van der Waals surface area contributed by atoms with Crippen molar-refractivity contribution < 1.29 is 8.83 Å². The number of nitrogens with zero attached hydrogens (tertiary/aromatic N) is 10. The Morgan fingerprint density at radius 3 is 0.958 bits per heavy atom. The number of aromatic nitrogens is 10. The van der Waals surface area contributed by atoms with Gasteiger partial charge in [0, 0.05) is 110 Å². The summed E-state index contributed by atoms with van der Waals surface area (Å²) in [5.74, 6) is 3.60. The van der Waals surface area contributed by atoms with Crippen LogP contribution in [-0.4, -0.2) is 48.2 Å². The molecule has 0 N–H and O–H groups in total. The molecule has 0 saturated heterocycles. The van der Waals surface area contributed by atoms with E-state index in [1.807, 2.05) is 84.9 Å². The molecule has 0 aliphatic heterocycles. The third kappa shape index (κ3) is 10.6. The quantitative estimate of drug-likeness (QED) is 0.118. The van der Waals surface area contributed by atoms with Gasteiger partial charge in [-0.2, -0.15) is 0 Å². The first-order chi connectivity index (χ1) is 59.5. The van der Waals surface area contributed by atoms with Crippen LogP contribution in [0.1, 0.15) is 0 Å². The zero-order valence-electron chi connectivity index (χ0n) is 64.2. The van der Waals surface area contributed by atoms with Crippen LogP contribution >= 0.6 is 0 Å². The lowest BCUT2D eigenvalue weighted by atomic mass is 10.0. The Kier molecular flexibility index (Phi) is 14.8. The van der Waals surface area contributed by atoms with Crippen molar-refractivity contribution in [2.24, 2.45) is 0 Å². The summed E-state index contributed by atoms with van der Waals surface area (Å²) in [6.45, 7) is 0. The molecule has 0 bridgehead atoms. The summed E-state index contributed by atoms with van der Waals surface area (Å²) in [6, 6.07) is 137. The predicted octanol–water partition coefficient (Wildman–Crippen LogP) is 27.6. The highest BCUT2D eigenvalue weighted by Crippen LogP contribution is 2.47. The van der Waals surface area contributed by atoms with Crippen LogP contribution in [0.3, 0.4) is 0 Å². The van der Waals surface area contributed by atoms with Crippen LogP contribution in [0.25, 0.3) is 244 Å². The van der Waals surface area contributed by atoms with E-state index in [-0.39, 0.29) is 0 Å². The highest BCUT2D eigenvalue weighted by molar-refractivity contribution is 6.26. The minimum absolute atomic E-state index is 0.572. The monoisotopic (exact) mass is 1530 g/mol. The van der Waals surface area contributed by atoms with E-state index in [0.29, 0.717) is 34.9 Å². The maximum absolute atomic E-state index is 7.16.